The highest BCUT2D eigenvalue weighted by atomic mass is 19.1. The number of benzene rings is 3. The zero-order valence-electron chi connectivity index (χ0n) is 19.0. The summed E-state index contributed by atoms with van der Waals surface area (Å²) in [5.74, 6) is 1.77. The predicted octanol–water partition coefficient (Wildman–Crippen LogP) is 5.79. The van der Waals surface area contributed by atoms with E-state index in [1.165, 1.54) is 17.7 Å². The summed E-state index contributed by atoms with van der Waals surface area (Å²) in [7, 11) is 1.65. The number of carbonyl (C=O) groups is 1. The largest absolute Gasteiger partial charge is 0.497 e. The quantitative estimate of drug-likeness (QED) is 0.526. The maximum absolute atomic E-state index is 13.6. The van der Waals surface area contributed by atoms with E-state index in [0.717, 1.165) is 29.8 Å². The van der Waals surface area contributed by atoms with Gasteiger partial charge >= 0.3 is 0 Å². The second kappa shape index (κ2) is 9.59. The fourth-order valence-electron chi connectivity index (χ4n) is 4.95. The highest BCUT2D eigenvalue weighted by Gasteiger charge is 2.31. The van der Waals surface area contributed by atoms with Gasteiger partial charge in [-0.3, -0.25) is 4.79 Å². The summed E-state index contributed by atoms with van der Waals surface area (Å²) in [4.78, 5) is 15.1. The van der Waals surface area contributed by atoms with Gasteiger partial charge in [-0.1, -0.05) is 24.3 Å². The molecule has 3 aromatic rings. The molecule has 2 aliphatic heterocycles. The molecule has 1 N–H and O–H groups in total. The Hall–Kier alpha value is -3.80. The zero-order valence-corrected chi connectivity index (χ0v) is 19.0. The van der Waals surface area contributed by atoms with Gasteiger partial charge in [0.25, 0.3) is 5.91 Å². The molecule has 5 rings (SSSR count). The van der Waals surface area contributed by atoms with Crippen LogP contribution < -0.4 is 14.8 Å². The van der Waals surface area contributed by atoms with Crippen LogP contribution >= 0.6 is 0 Å². The smallest absolute Gasteiger partial charge is 0.253 e. The van der Waals surface area contributed by atoms with Gasteiger partial charge in [0.15, 0.2) is 0 Å². The molecule has 0 aromatic heterocycles. The van der Waals surface area contributed by atoms with Crippen LogP contribution in [-0.2, 0) is 0 Å². The Morgan fingerprint density at radius 2 is 1.71 bits per heavy atom. The number of piperidine rings is 1. The SMILES string of the molecule is COc1ccc([C@H](c2ccc(F)cc2)C2CCN(C(=O)c3ccc4c(c3)NC=CO4)CC2)cc1. The van der Waals surface area contributed by atoms with E-state index in [-0.39, 0.29) is 17.6 Å². The van der Waals surface area contributed by atoms with E-state index >= 15 is 0 Å². The highest BCUT2D eigenvalue weighted by molar-refractivity contribution is 5.95. The van der Waals surface area contributed by atoms with Crippen molar-refractivity contribution in [1.29, 1.82) is 0 Å². The molecule has 6 heteroatoms. The number of nitrogens with one attached hydrogen (secondary N) is 1. The molecule has 34 heavy (non-hydrogen) atoms. The van der Waals surface area contributed by atoms with Crippen LogP contribution in [0.5, 0.6) is 11.5 Å². The molecular formula is C28H27FN2O3. The molecule has 0 bridgehead atoms. The topological polar surface area (TPSA) is 50.8 Å². The molecule has 0 radical (unpaired) electrons. The van der Waals surface area contributed by atoms with Crippen LogP contribution in [0.3, 0.4) is 0 Å². The van der Waals surface area contributed by atoms with Crippen molar-refractivity contribution in [1.82, 2.24) is 4.90 Å². The second-order valence-electron chi connectivity index (χ2n) is 8.71. The number of hydrogen-bond acceptors (Lipinski definition) is 4. The van der Waals surface area contributed by atoms with Crippen molar-refractivity contribution < 1.29 is 18.7 Å². The van der Waals surface area contributed by atoms with Crippen molar-refractivity contribution in [2.45, 2.75) is 18.8 Å². The summed E-state index contributed by atoms with van der Waals surface area (Å²) in [5, 5.41) is 3.12. The number of nitrogens with zero attached hydrogens (tertiary/aromatic N) is 1. The molecule has 0 unspecified atom stereocenters. The van der Waals surface area contributed by atoms with E-state index in [1.54, 1.807) is 19.6 Å². The Kier molecular flexibility index (Phi) is 6.21. The van der Waals surface area contributed by atoms with Crippen LogP contribution in [0.1, 0.15) is 40.2 Å². The number of rotatable bonds is 5. The fourth-order valence-corrected chi connectivity index (χ4v) is 4.95. The first kappa shape index (κ1) is 22.0. The molecule has 1 saturated heterocycles. The van der Waals surface area contributed by atoms with Crippen molar-refractivity contribution in [2.75, 3.05) is 25.5 Å². The molecule has 1 atom stereocenters. The van der Waals surface area contributed by atoms with Crippen molar-refractivity contribution in [3.8, 4) is 11.5 Å². The van der Waals surface area contributed by atoms with Crippen LogP contribution in [-0.4, -0.2) is 31.0 Å². The molecule has 1 amide bonds. The number of anilines is 1. The zero-order chi connectivity index (χ0) is 23.5. The van der Waals surface area contributed by atoms with Gasteiger partial charge in [-0.15, -0.1) is 0 Å². The number of hydrogen-bond donors (Lipinski definition) is 1. The normalized spacial score (nSPS) is 16.2. The number of fused-ring (bicyclic) bond motifs is 1. The lowest BCUT2D eigenvalue weighted by molar-refractivity contribution is 0.0683. The Bertz CT molecular complexity index is 1180. The summed E-state index contributed by atoms with van der Waals surface area (Å²) in [5.41, 5.74) is 3.70. The molecule has 0 aliphatic carbocycles. The average molecular weight is 459 g/mol. The summed E-state index contributed by atoms with van der Waals surface area (Å²) >= 11 is 0. The number of carbonyl (C=O) groups excluding carboxylic acids is 1. The molecule has 0 saturated carbocycles. The average Bonchev–Trinajstić information content (AvgIpc) is 2.90. The third-order valence-corrected chi connectivity index (χ3v) is 6.73. The third-order valence-electron chi connectivity index (χ3n) is 6.73. The number of ether oxygens (including phenoxy) is 2. The highest BCUT2D eigenvalue weighted by Crippen LogP contribution is 2.39. The summed E-state index contributed by atoms with van der Waals surface area (Å²) in [6.07, 6.45) is 5.02. The van der Waals surface area contributed by atoms with Gasteiger partial charge in [0.2, 0.25) is 0 Å². The Labute approximate surface area is 198 Å². The van der Waals surface area contributed by atoms with E-state index in [4.69, 9.17) is 9.47 Å². The molecule has 2 aliphatic rings. The molecule has 3 aromatic carbocycles. The molecule has 5 nitrogen and oxygen atoms in total. The maximum Gasteiger partial charge on any atom is 0.253 e. The third kappa shape index (κ3) is 4.49. The van der Waals surface area contributed by atoms with Crippen LogP contribution in [0.15, 0.2) is 79.2 Å². The maximum atomic E-state index is 13.6. The second-order valence-corrected chi connectivity index (χ2v) is 8.71. The lowest BCUT2D eigenvalue weighted by Gasteiger charge is -2.37. The van der Waals surface area contributed by atoms with Gasteiger partial charge in [-0.25, -0.2) is 4.39 Å². The van der Waals surface area contributed by atoms with Crippen molar-refractivity contribution in [3.05, 3.63) is 102 Å². The summed E-state index contributed by atoms with van der Waals surface area (Å²) in [6.45, 7) is 1.36. The van der Waals surface area contributed by atoms with Gasteiger partial charge in [0.05, 0.1) is 12.8 Å². The molecule has 2 heterocycles. The van der Waals surface area contributed by atoms with Crippen molar-refractivity contribution in [3.63, 3.8) is 0 Å². The number of amides is 1. The molecule has 1 fully saturated rings. The Morgan fingerprint density at radius 3 is 2.38 bits per heavy atom. The minimum Gasteiger partial charge on any atom is -0.497 e. The van der Waals surface area contributed by atoms with E-state index in [9.17, 15) is 9.18 Å². The van der Waals surface area contributed by atoms with E-state index in [2.05, 4.69) is 17.4 Å². The lowest BCUT2D eigenvalue weighted by Crippen LogP contribution is -2.40. The minimum absolute atomic E-state index is 0.0281. The Balaban J connectivity index is 1.33. The summed E-state index contributed by atoms with van der Waals surface area (Å²) < 4.78 is 24.4. The van der Waals surface area contributed by atoms with Gasteiger partial charge in [0.1, 0.15) is 23.6 Å². The van der Waals surface area contributed by atoms with E-state index in [1.807, 2.05) is 47.4 Å². The standard InChI is InChI=1S/C28H27FN2O3/c1-33-24-9-4-20(5-10-24)27(19-2-7-23(29)8-3-19)21-12-15-31(16-13-21)28(32)22-6-11-26-25(18-22)30-14-17-34-26/h2-11,14,17-18,21,27,30H,12-13,15-16H2,1H3/t27-/m0/s1. The van der Waals surface area contributed by atoms with Crippen LogP contribution in [0, 0.1) is 11.7 Å². The predicted molar refractivity (Wildman–Crippen MR) is 130 cm³/mol. The van der Waals surface area contributed by atoms with Crippen LogP contribution in [0.4, 0.5) is 10.1 Å². The first-order valence-corrected chi connectivity index (χ1v) is 11.5. The molecule has 0 spiro atoms. The molecule has 174 valence electrons. The first-order valence-electron chi connectivity index (χ1n) is 11.5. The Morgan fingerprint density at radius 1 is 1.03 bits per heavy atom. The van der Waals surface area contributed by atoms with E-state index < -0.39 is 0 Å². The van der Waals surface area contributed by atoms with E-state index in [0.29, 0.717) is 30.3 Å². The number of halogens is 1. The van der Waals surface area contributed by atoms with Gasteiger partial charge in [-0.05, 0) is 72.4 Å². The minimum atomic E-state index is -0.238. The number of likely N-dealkylation sites (tertiary alicyclic amines) is 1. The van der Waals surface area contributed by atoms with Crippen molar-refractivity contribution >= 4 is 11.6 Å². The fraction of sp³-hybridized carbons (Fsp3) is 0.250. The van der Waals surface area contributed by atoms with Gasteiger partial charge < -0.3 is 19.7 Å². The van der Waals surface area contributed by atoms with Gasteiger partial charge in [0, 0.05) is 30.8 Å². The van der Waals surface area contributed by atoms with Crippen LogP contribution in [0.2, 0.25) is 0 Å². The summed E-state index contributed by atoms with van der Waals surface area (Å²) in [6, 6.07) is 20.4. The van der Waals surface area contributed by atoms with Gasteiger partial charge in [-0.2, -0.15) is 0 Å². The molecular weight excluding hydrogens is 431 g/mol. The number of methoxy groups -OCH3 is 1. The van der Waals surface area contributed by atoms with Crippen molar-refractivity contribution in [2.24, 2.45) is 5.92 Å². The van der Waals surface area contributed by atoms with Crippen LogP contribution in [0.25, 0.3) is 0 Å². The monoisotopic (exact) mass is 458 g/mol. The first-order chi connectivity index (χ1) is 16.6. The lowest BCUT2D eigenvalue weighted by atomic mass is 9.76.